The van der Waals surface area contributed by atoms with Gasteiger partial charge in [-0.1, -0.05) is 24.3 Å². The highest BCUT2D eigenvalue weighted by molar-refractivity contribution is 5.78. The third-order valence-electron chi connectivity index (χ3n) is 2.89. The van der Waals surface area contributed by atoms with Crippen molar-refractivity contribution in [2.45, 2.75) is 13.0 Å². The minimum Gasteiger partial charge on any atom is -0.475 e. The lowest BCUT2D eigenvalue weighted by atomic mass is 10.1. The first-order valence-electron chi connectivity index (χ1n) is 6.73. The lowest BCUT2D eigenvalue weighted by molar-refractivity contribution is 0.112. The number of hydrogen-bond acceptors (Lipinski definition) is 4. The molecule has 6 nitrogen and oxygen atoms in total. The van der Waals surface area contributed by atoms with Crippen LogP contribution in [0.5, 0.6) is 5.88 Å². The predicted molar refractivity (Wildman–Crippen MR) is 81.2 cm³/mol. The lowest BCUT2D eigenvalue weighted by Gasteiger charge is -2.12. The number of ether oxygens (including phenoxy) is 1. The van der Waals surface area contributed by atoms with Gasteiger partial charge < -0.3 is 15.2 Å². The van der Waals surface area contributed by atoms with Crippen LogP contribution in [0.4, 0.5) is 4.79 Å². The van der Waals surface area contributed by atoms with Crippen molar-refractivity contribution in [1.29, 1.82) is 0 Å². The summed E-state index contributed by atoms with van der Waals surface area (Å²) in [6.45, 7) is 1.88. The molecule has 0 spiro atoms. The second-order valence-corrected chi connectivity index (χ2v) is 4.77. The van der Waals surface area contributed by atoms with Crippen LogP contribution >= 0.6 is 0 Å². The molecule has 2 N–H and O–H groups in total. The van der Waals surface area contributed by atoms with E-state index in [1.54, 1.807) is 37.3 Å². The Kier molecular flexibility index (Phi) is 5.08. The van der Waals surface area contributed by atoms with Gasteiger partial charge in [-0.25, -0.2) is 9.78 Å². The van der Waals surface area contributed by atoms with Crippen molar-refractivity contribution in [3.8, 4) is 17.1 Å². The highest BCUT2D eigenvalue weighted by Gasteiger charge is 2.07. The van der Waals surface area contributed by atoms with Crippen LogP contribution in [0.25, 0.3) is 11.3 Å². The third kappa shape index (κ3) is 4.31. The molecule has 1 amide bonds. The number of nitrogens with zero attached hydrogens (tertiary/aromatic N) is 1. The summed E-state index contributed by atoms with van der Waals surface area (Å²) in [5.41, 5.74) is 2.07. The number of nitrogens with one attached hydrogen (secondary N) is 1. The van der Waals surface area contributed by atoms with E-state index in [0.717, 1.165) is 11.8 Å². The van der Waals surface area contributed by atoms with E-state index in [-0.39, 0.29) is 12.6 Å². The molecule has 1 atom stereocenters. The van der Waals surface area contributed by atoms with Crippen LogP contribution in [0.15, 0.2) is 42.5 Å². The van der Waals surface area contributed by atoms with Gasteiger partial charge in [-0.3, -0.25) is 4.79 Å². The van der Waals surface area contributed by atoms with Gasteiger partial charge in [0.2, 0.25) is 5.88 Å². The summed E-state index contributed by atoms with van der Waals surface area (Å²) in [6, 6.07) is 12.1. The van der Waals surface area contributed by atoms with Crippen LogP contribution in [0.2, 0.25) is 0 Å². The predicted octanol–water partition coefficient (Wildman–Crippen LogP) is 2.60. The fraction of sp³-hybridized carbons (Fsp3) is 0.188. The van der Waals surface area contributed by atoms with E-state index < -0.39 is 6.09 Å². The van der Waals surface area contributed by atoms with E-state index in [4.69, 9.17) is 9.84 Å². The average molecular weight is 300 g/mol. The van der Waals surface area contributed by atoms with E-state index in [2.05, 4.69) is 10.3 Å². The molecule has 0 aliphatic rings. The van der Waals surface area contributed by atoms with Crippen LogP contribution in [0.1, 0.15) is 17.3 Å². The van der Waals surface area contributed by atoms with Gasteiger partial charge in [-0.05, 0) is 19.1 Å². The van der Waals surface area contributed by atoms with Crippen molar-refractivity contribution in [2.75, 3.05) is 6.61 Å². The molecule has 0 aliphatic carbocycles. The SMILES string of the molecule is C[C@@H](COc1cccc(-c2cccc(C=O)c2)n1)NC(=O)O. The molecule has 0 saturated carbocycles. The number of amides is 1. The summed E-state index contributed by atoms with van der Waals surface area (Å²) in [5, 5.41) is 10.9. The number of carboxylic acid groups (broad SMARTS) is 1. The number of benzene rings is 1. The van der Waals surface area contributed by atoms with Gasteiger partial charge in [0.1, 0.15) is 12.9 Å². The Bertz CT molecular complexity index is 673. The first-order valence-corrected chi connectivity index (χ1v) is 6.73. The normalized spacial score (nSPS) is 11.5. The summed E-state index contributed by atoms with van der Waals surface area (Å²) in [5.74, 6) is 0.396. The maximum Gasteiger partial charge on any atom is 0.404 e. The van der Waals surface area contributed by atoms with Gasteiger partial charge in [-0.15, -0.1) is 0 Å². The Morgan fingerprint density at radius 1 is 1.36 bits per heavy atom. The zero-order valence-corrected chi connectivity index (χ0v) is 12.0. The number of hydrogen-bond donors (Lipinski definition) is 2. The van der Waals surface area contributed by atoms with Crippen LogP contribution in [0.3, 0.4) is 0 Å². The lowest BCUT2D eigenvalue weighted by Crippen LogP contribution is -2.35. The van der Waals surface area contributed by atoms with Crippen molar-refractivity contribution >= 4 is 12.4 Å². The number of aldehydes is 1. The van der Waals surface area contributed by atoms with Crippen molar-refractivity contribution in [3.05, 3.63) is 48.0 Å². The smallest absolute Gasteiger partial charge is 0.404 e. The Morgan fingerprint density at radius 3 is 2.86 bits per heavy atom. The maximum atomic E-state index is 10.8. The summed E-state index contributed by atoms with van der Waals surface area (Å²) in [6.07, 6.45) is -0.313. The molecular weight excluding hydrogens is 284 g/mol. The fourth-order valence-electron chi connectivity index (χ4n) is 1.89. The van der Waals surface area contributed by atoms with Crippen molar-refractivity contribution < 1.29 is 19.4 Å². The van der Waals surface area contributed by atoms with Crippen molar-refractivity contribution in [2.24, 2.45) is 0 Å². The Hall–Kier alpha value is -2.89. The molecule has 114 valence electrons. The number of carbonyl (C=O) groups excluding carboxylic acids is 1. The summed E-state index contributed by atoms with van der Waals surface area (Å²) < 4.78 is 5.48. The number of carbonyl (C=O) groups is 2. The quantitative estimate of drug-likeness (QED) is 0.800. The van der Waals surface area contributed by atoms with Gasteiger partial charge in [0.05, 0.1) is 11.7 Å². The molecule has 0 saturated heterocycles. The molecule has 0 unspecified atom stereocenters. The van der Waals surface area contributed by atoms with Crippen molar-refractivity contribution in [3.63, 3.8) is 0 Å². The zero-order chi connectivity index (χ0) is 15.9. The summed E-state index contributed by atoms with van der Waals surface area (Å²) in [7, 11) is 0. The van der Waals surface area contributed by atoms with E-state index >= 15 is 0 Å². The summed E-state index contributed by atoms with van der Waals surface area (Å²) in [4.78, 5) is 25.7. The molecule has 6 heteroatoms. The van der Waals surface area contributed by atoms with Gasteiger partial charge in [-0.2, -0.15) is 0 Å². The second kappa shape index (κ2) is 7.21. The van der Waals surface area contributed by atoms with E-state index in [1.165, 1.54) is 0 Å². The molecule has 22 heavy (non-hydrogen) atoms. The molecule has 0 bridgehead atoms. The number of rotatable bonds is 6. The van der Waals surface area contributed by atoms with E-state index in [1.807, 2.05) is 12.1 Å². The topological polar surface area (TPSA) is 88.5 Å². The molecule has 0 radical (unpaired) electrons. The summed E-state index contributed by atoms with van der Waals surface area (Å²) >= 11 is 0. The largest absolute Gasteiger partial charge is 0.475 e. The molecule has 1 aromatic heterocycles. The fourth-order valence-corrected chi connectivity index (χ4v) is 1.89. The Balaban J connectivity index is 2.09. The van der Waals surface area contributed by atoms with E-state index in [9.17, 15) is 9.59 Å². The standard InChI is InChI=1S/C16H16N2O4/c1-11(17-16(20)21)10-22-15-7-3-6-14(18-15)13-5-2-4-12(8-13)9-19/h2-9,11,17H,10H2,1H3,(H,20,21)/t11-/m0/s1. The first-order chi connectivity index (χ1) is 10.6. The average Bonchev–Trinajstić information content (AvgIpc) is 2.53. The first kappa shape index (κ1) is 15.5. The molecule has 0 aliphatic heterocycles. The van der Waals surface area contributed by atoms with Crippen LogP contribution < -0.4 is 10.1 Å². The molecule has 1 heterocycles. The Labute approximate surface area is 127 Å². The minimum absolute atomic E-state index is 0.178. The highest BCUT2D eigenvalue weighted by Crippen LogP contribution is 2.20. The zero-order valence-electron chi connectivity index (χ0n) is 12.0. The molecular formula is C16H16N2O4. The van der Waals surface area contributed by atoms with Gasteiger partial charge >= 0.3 is 6.09 Å². The van der Waals surface area contributed by atoms with Crippen LogP contribution in [-0.2, 0) is 0 Å². The van der Waals surface area contributed by atoms with Crippen molar-refractivity contribution in [1.82, 2.24) is 10.3 Å². The Morgan fingerprint density at radius 2 is 2.14 bits per heavy atom. The number of aromatic nitrogens is 1. The second-order valence-electron chi connectivity index (χ2n) is 4.77. The molecule has 0 fully saturated rings. The minimum atomic E-state index is -1.09. The van der Waals surface area contributed by atoms with Gasteiger partial charge in [0.15, 0.2) is 0 Å². The van der Waals surface area contributed by atoms with Crippen LogP contribution in [0, 0.1) is 0 Å². The molecule has 1 aromatic carbocycles. The number of pyridine rings is 1. The van der Waals surface area contributed by atoms with Gasteiger partial charge in [0.25, 0.3) is 0 Å². The molecule has 2 aromatic rings. The van der Waals surface area contributed by atoms with Crippen LogP contribution in [-0.4, -0.2) is 35.1 Å². The monoisotopic (exact) mass is 300 g/mol. The maximum absolute atomic E-state index is 10.8. The highest BCUT2D eigenvalue weighted by atomic mass is 16.5. The van der Waals surface area contributed by atoms with E-state index in [0.29, 0.717) is 17.1 Å². The third-order valence-corrected chi connectivity index (χ3v) is 2.89. The van der Waals surface area contributed by atoms with Gasteiger partial charge in [0, 0.05) is 17.2 Å². The molecule has 2 rings (SSSR count).